The number of rotatable bonds is 7. The number of anilines is 1. The highest BCUT2D eigenvalue weighted by atomic mass is 32.1. The zero-order valence-electron chi connectivity index (χ0n) is 14.0. The second-order valence-corrected chi connectivity index (χ2v) is 5.58. The van der Waals surface area contributed by atoms with Gasteiger partial charge in [0.25, 0.3) is 5.69 Å². The zero-order chi connectivity index (χ0) is 18.9. The number of aromatic hydroxyl groups is 1. The van der Waals surface area contributed by atoms with Crippen molar-refractivity contribution in [2.45, 2.75) is 13.3 Å². The molecule has 26 heavy (non-hydrogen) atoms. The summed E-state index contributed by atoms with van der Waals surface area (Å²) in [7, 11) is 0. The number of ether oxygens (including phenoxy) is 1. The van der Waals surface area contributed by atoms with Gasteiger partial charge in [-0.3, -0.25) is 15.5 Å². The summed E-state index contributed by atoms with van der Waals surface area (Å²) < 4.78 is 5.42. The molecule has 8 nitrogen and oxygen atoms in total. The molecule has 0 aliphatic rings. The molecule has 0 amide bonds. The molecule has 3 N–H and O–H groups in total. The van der Waals surface area contributed by atoms with Crippen molar-refractivity contribution in [3.8, 4) is 11.5 Å². The van der Waals surface area contributed by atoms with Crippen molar-refractivity contribution in [1.29, 1.82) is 0 Å². The highest BCUT2D eigenvalue weighted by Gasteiger charge is 2.12. The molecule has 0 bridgehead atoms. The summed E-state index contributed by atoms with van der Waals surface area (Å²) in [6, 6.07) is 11.0. The number of hydrazone groups is 1. The molecule has 9 heteroatoms. The van der Waals surface area contributed by atoms with Crippen LogP contribution < -0.4 is 15.5 Å². The summed E-state index contributed by atoms with van der Waals surface area (Å²) in [4.78, 5) is 10.5. The van der Waals surface area contributed by atoms with E-state index in [9.17, 15) is 15.2 Å². The smallest absolute Gasteiger partial charge is 0.292 e. The van der Waals surface area contributed by atoms with E-state index in [2.05, 4.69) is 15.8 Å². The van der Waals surface area contributed by atoms with E-state index in [1.807, 2.05) is 6.92 Å². The highest BCUT2D eigenvalue weighted by Crippen LogP contribution is 2.23. The minimum atomic E-state index is -0.506. The molecule has 0 aliphatic carbocycles. The van der Waals surface area contributed by atoms with Crippen molar-refractivity contribution in [2.75, 3.05) is 11.9 Å². The van der Waals surface area contributed by atoms with Crippen LogP contribution in [0.4, 0.5) is 11.4 Å². The van der Waals surface area contributed by atoms with Crippen LogP contribution in [0.1, 0.15) is 18.9 Å². The normalized spacial score (nSPS) is 10.5. The summed E-state index contributed by atoms with van der Waals surface area (Å²) in [6.07, 6.45) is 2.25. The van der Waals surface area contributed by atoms with Gasteiger partial charge in [-0.05, 0) is 36.8 Å². The van der Waals surface area contributed by atoms with Crippen molar-refractivity contribution < 1.29 is 14.8 Å². The number of nitro groups is 1. The Labute approximate surface area is 155 Å². The first-order valence-corrected chi connectivity index (χ1v) is 8.21. The van der Waals surface area contributed by atoms with Crippen LogP contribution in [0.3, 0.4) is 0 Å². The number of benzene rings is 2. The molecule has 0 spiro atoms. The largest absolute Gasteiger partial charge is 0.507 e. The molecule has 2 rings (SSSR count). The topological polar surface area (TPSA) is 109 Å². The minimum absolute atomic E-state index is 0.0155. The van der Waals surface area contributed by atoms with E-state index >= 15 is 0 Å². The molecule has 0 atom stereocenters. The van der Waals surface area contributed by atoms with Crippen LogP contribution in [-0.4, -0.2) is 28.0 Å². The van der Waals surface area contributed by atoms with Gasteiger partial charge >= 0.3 is 0 Å². The van der Waals surface area contributed by atoms with E-state index in [4.69, 9.17) is 17.0 Å². The molecule has 0 aromatic heterocycles. The maximum absolute atomic E-state index is 11.0. The lowest BCUT2D eigenvalue weighted by molar-refractivity contribution is -0.383. The fourth-order valence-corrected chi connectivity index (χ4v) is 2.15. The summed E-state index contributed by atoms with van der Waals surface area (Å²) in [5.41, 5.74) is 3.17. The van der Waals surface area contributed by atoms with Gasteiger partial charge in [0, 0.05) is 17.7 Å². The van der Waals surface area contributed by atoms with Crippen LogP contribution >= 0.6 is 12.2 Å². The standard InChI is InChI=1S/C17H18N4O4S/c1-2-9-25-13-8-7-12(16(22)10-13)11-18-20-17(26)19-14-5-3-4-6-15(14)21(23)24/h3-8,10-11,22H,2,9H2,1H3,(H2,19,20,26)/b18-11+. The van der Waals surface area contributed by atoms with Gasteiger partial charge in [-0.15, -0.1) is 0 Å². The minimum Gasteiger partial charge on any atom is -0.507 e. The van der Waals surface area contributed by atoms with Gasteiger partial charge in [0.2, 0.25) is 0 Å². The first-order chi connectivity index (χ1) is 12.5. The second-order valence-electron chi connectivity index (χ2n) is 5.17. The third kappa shape index (κ3) is 5.42. The van der Waals surface area contributed by atoms with E-state index in [1.165, 1.54) is 24.4 Å². The molecule has 0 unspecified atom stereocenters. The van der Waals surface area contributed by atoms with Crippen molar-refractivity contribution in [3.63, 3.8) is 0 Å². The lowest BCUT2D eigenvalue weighted by Gasteiger charge is -2.08. The quantitative estimate of drug-likeness (QED) is 0.295. The Kier molecular flexibility index (Phi) is 6.86. The maximum atomic E-state index is 11.0. The average Bonchev–Trinajstić information content (AvgIpc) is 2.62. The van der Waals surface area contributed by atoms with E-state index in [0.717, 1.165) is 6.42 Å². The number of para-hydroxylation sites is 2. The Balaban J connectivity index is 1.96. The van der Waals surface area contributed by atoms with E-state index in [0.29, 0.717) is 17.9 Å². The van der Waals surface area contributed by atoms with Gasteiger partial charge in [-0.1, -0.05) is 19.1 Å². The summed E-state index contributed by atoms with van der Waals surface area (Å²) >= 11 is 5.06. The predicted molar refractivity (Wildman–Crippen MR) is 104 cm³/mol. The van der Waals surface area contributed by atoms with E-state index in [-0.39, 0.29) is 22.2 Å². The first kappa shape index (κ1) is 19.1. The van der Waals surface area contributed by atoms with Crippen LogP contribution in [0.15, 0.2) is 47.6 Å². The SMILES string of the molecule is CCCOc1ccc(/C=N/NC(=S)Nc2ccccc2[N+](=O)[O-])c(O)c1. The number of hydrogen-bond donors (Lipinski definition) is 3. The fraction of sp³-hybridized carbons (Fsp3) is 0.176. The molecule has 0 heterocycles. The summed E-state index contributed by atoms with van der Waals surface area (Å²) in [6.45, 7) is 2.56. The molecule has 0 fully saturated rings. The van der Waals surface area contributed by atoms with Gasteiger partial charge in [0.1, 0.15) is 17.2 Å². The van der Waals surface area contributed by atoms with Crippen LogP contribution in [0.5, 0.6) is 11.5 Å². The van der Waals surface area contributed by atoms with E-state index < -0.39 is 4.92 Å². The molecule has 0 saturated carbocycles. The maximum Gasteiger partial charge on any atom is 0.292 e. The Morgan fingerprint density at radius 1 is 1.38 bits per heavy atom. The van der Waals surface area contributed by atoms with Crippen LogP contribution in [-0.2, 0) is 0 Å². The molecular formula is C17H18N4O4S. The Morgan fingerprint density at radius 2 is 2.15 bits per heavy atom. The molecule has 2 aromatic carbocycles. The van der Waals surface area contributed by atoms with Gasteiger partial charge in [-0.25, -0.2) is 0 Å². The zero-order valence-corrected chi connectivity index (χ0v) is 14.8. The molecule has 0 aliphatic heterocycles. The lowest BCUT2D eigenvalue weighted by Crippen LogP contribution is -2.24. The fourth-order valence-electron chi connectivity index (χ4n) is 1.99. The van der Waals surface area contributed by atoms with Crippen molar-refractivity contribution >= 4 is 34.9 Å². The molecule has 0 saturated heterocycles. The number of phenolic OH excluding ortho intramolecular Hbond substituents is 1. The highest BCUT2D eigenvalue weighted by molar-refractivity contribution is 7.80. The third-order valence-corrected chi connectivity index (χ3v) is 3.39. The summed E-state index contributed by atoms with van der Waals surface area (Å²) in [5, 5.41) is 27.6. The van der Waals surface area contributed by atoms with Crippen LogP contribution in [0.25, 0.3) is 0 Å². The van der Waals surface area contributed by atoms with Crippen molar-refractivity contribution in [2.24, 2.45) is 5.10 Å². The molecular weight excluding hydrogens is 356 g/mol. The second kappa shape index (κ2) is 9.33. The van der Waals surface area contributed by atoms with Gasteiger partial charge < -0.3 is 15.2 Å². The van der Waals surface area contributed by atoms with Gasteiger partial charge in [0.15, 0.2) is 5.11 Å². The van der Waals surface area contributed by atoms with Crippen LogP contribution in [0, 0.1) is 10.1 Å². The average molecular weight is 374 g/mol. The third-order valence-electron chi connectivity index (χ3n) is 3.19. The Bertz CT molecular complexity index is 826. The number of nitro benzene ring substituents is 1. The van der Waals surface area contributed by atoms with Crippen molar-refractivity contribution in [1.82, 2.24) is 5.43 Å². The number of hydrogen-bond acceptors (Lipinski definition) is 6. The lowest BCUT2D eigenvalue weighted by atomic mass is 10.2. The molecule has 136 valence electrons. The van der Waals surface area contributed by atoms with Gasteiger partial charge in [0.05, 0.1) is 17.7 Å². The first-order valence-electron chi connectivity index (χ1n) is 7.80. The number of phenols is 1. The monoisotopic (exact) mass is 374 g/mol. The Hall–Kier alpha value is -3.20. The Morgan fingerprint density at radius 3 is 2.85 bits per heavy atom. The number of nitrogens with zero attached hydrogens (tertiary/aromatic N) is 2. The van der Waals surface area contributed by atoms with E-state index in [1.54, 1.807) is 24.3 Å². The number of thiocarbonyl (C=S) groups is 1. The predicted octanol–water partition coefficient (Wildman–Crippen LogP) is 3.41. The van der Waals surface area contributed by atoms with Crippen LogP contribution in [0.2, 0.25) is 0 Å². The molecule has 2 aromatic rings. The number of nitrogens with one attached hydrogen (secondary N) is 2. The molecule has 0 radical (unpaired) electrons. The summed E-state index contributed by atoms with van der Waals surface area (Å²) in [5.74, 6) is 0.588. The van der Waals surface area contributed by atoms with Gasteiger partial charge in [-0.2, -0.15) is 5.10 Å². The van der Waals surface area contributed by atoms with Crippen molar-refractivity contribution in [3.05, 3.63) is 58.1 Å².